The van der Waals surface area contributed by atoms with Crippen molar-refractivity contribution in [2.24, 2.45) is 7.05 Å². The largest absolute Gasteiger partial charge is 0.394 e. The van der Waals surface area contributed by atoms with Crippen LogP contribution >= 0.6 is 0 Å². The van der Waals surface area contributed by atoms with Crippen molar-refractivity contribution in [3.05, 3.63) is 24.5 Å². The average Bonchev–Trinajstić information content (AvgIpc) is 3.04. The molecule has 2 N–H and O–H groups in total. The first-order chi connectivity index (χ1) is 9.47. The average molecular weight is 299 g/mol. The van der Waals surface area contributed by atoms with Gasteiger partial charge in [-0.2, -0.15) is 5.10 Å². The number of rotatable bonds is 6. The van der Waals surface area contributed by atoms with Crippen LogP contribution in [0.2, 0.25) is 0 Å². The van der Waals surface area contributed by atoms with Gasteiger partial charge in [-0.05, 0) is 12.8 Å². The molecule has 0 spiro atoms. The van der Waals surface area contributed by atoms with Gasteiger partial charge >= 0.3 is 0 Å². The van der Waals surface area contributed by atoms with E-state index in [0.717, 1.165) is 25.7 Å². The summed E-state index contributed by atoms with van der Waals surface area (Å²) >= 11 is 0. The monoisotopic (exact) mass is 299 g/mol. The fourth-order valence-electron chi connectivity index (χ4n) is 2.60. The standard InChI is InChI=1S/C13H21N3O3S/c1-3-11(9-17)15-20(18,19)12-8-16(2)14-13(12)10-6-4-5-7-10/h3,8,10-11,15,17H,1,4-7,9H2,2H3/t11-/m1/s1. The lowest BCUT2D eigenvalue weighted by molar-refractivity contribution is 0.276. The molecule has 0 radical (unpaired) electrons. The first kappa shape index (κ1) is 15.2. The van der Waals surface area contributed by atoms with Gasteiger partial charge in [0.05, 0.1) is 18.3 Å². The Balaban J connectivity index is 2.33. The Labute approximate surface area is 119 Å². The zero-order valence-corrected chi connectivity index (χ0v) is 12.4. The van der Waals surface area contributed by atoms with Crippen LogP contribution < -0.4 is 4.72 Å². The molecule has 1 aromatic rings. The van der Waals surface area contributed by atoms with Gasteiger partial charge in [0.15, 0.2) is 0 Å². The molecule has 0 bridgehead atoms. The second kappa shape index (κ2) is 6.07. The van der Waals surface area contributed by atoms with Crippen molar-refractivity contribution in [2.75, 3.05) is 6.61 Å². The van der Waals surface area contributed by atoms with Gasteiger partial charge in [-0.3, -0.25) is 4.68 Å². The Hall–Kier alpha value is -1.18. The summed E-state index contributed by atoms with van der Waals surface area (Å²) < 4.78 is 28.8. The summed E-state index contributed by atoms with van der Waals surface area (Å²) in [5.74, 6) is 0.207. The molecule has 1 saturated carbocycles. The second-order valence-electron chi connectivity index (χ2n) is 5.18. The Morgan fingerprint density at radius 3 is 2.80 bits per heavy atom. The third-order valence-electron chi connectivity index (χ3n) is 3.64. The first-order valence-electron chi connectivity index (χ1n) is 6.77. The van der Waals surface area contributed by atoms with Crippen molar-refractivity contribution in [2.45, 2.75) is 42.5 Å². The van der Waals surface area contributed by atoms with E-state index in [1.165, 1.54) is 17.0 Å². The molecule has 2 rings (SSSR count). The predicted octanol–water partition coefficient (Wildman–Crippen LogP) is 0.903. The van der Waals surface area contributed by atoms with Gasteiger partial charge in [-0.15, -0.1) is 6.58 Å². The molecular formula is C13H21N3O3S. The van der Waals surface area contributed by atoms with Crippen LogP contribution in [0.15, 0.2) is 23.7 Å². The quantitative estimate of drug-likeness (QED) is 0.765. The number of aliphatic hydroxyl groups is 1. The molecule has 1 aliphatic carbocycles. The summed E-state index contributed by atoms with van der Waals surface area (Å²) in [4.78, 5) is 0.215. The fourth-order valence-corrected chi connectivity index (χ4v) is 4.07. The smallest absolute Gasteiger partial charge is 0.244 e. The van der Waals surface area contributed by atoms with Gasteiger partial charge in [0.1, 0.15) is 4.90 Å². The maximum absolute atomic E-state index is 12.4. The van der Waals surface area contributed by atoms with Crippen LogP contribution in [0.4, 0.5) is 0 Å². The number of hydrogen-bond donors (Lipinski definition) is 2. The van der Waals surface area contributed by atoms with E-state index in [2.05, 4.69) is 16.4 Å². The van der Waals surface area contributed by atoms with Gasteiger partial charge in [0.2, 0.25) is 10.0 Å². The third kappa shape index (κ3) is 3.11. The molecule has 0 unspecified atom stereocenters. The van der Waals surface area contributed by atoms with Gasteiger partial charge < -0.3 is 5.11 Å². The van der Waals surface area contributed by atoms with Crippen LogP contribution in [0.3, 0.4) is 0 Å². The third-order valence-corrected chi connectivity index (χ3v) is 5.15. The van der Waals surface area contributed by atoms with Crippen LogP contribution in [0.5, 0.6) is 0 Å². The highest BCUT2D eigenvalue weighted by molar-refractivity contribution is 7.89. The minimum atomic E-state index is -3.70. The van der Waals surface area contributed by atoms with E-state index >= 15 is 0 Å². The molecule has 6 nitrogen and oxygen atoms in total. The highest BCUT2D eigenvalue weighted by Gasteiger charge is 2.30. The van der Waals surface area contributed by atoms with Crippen molar-refractivity contribution in [3.63, 3.8) is 0 Å². The second-order valence-corrected chi connectivity index (χ2v) is 6.86. The molecule has 1 fully saturated rings. The topological polar surface area (TPSA) is 84.2 Å². The number of aryl methyl sites for hydroxylation is 1. The molecule has 1 atom stereocenters. The van der Waals surface area contributed by atoms with E-state index < -0.39 is 16.1 Å². The van der Waals surface area contributed by atoms with E-state index in [1.54, 1.807) is 7.05 Å². The molecule has 20 heavy (non-hydrogen) atoms. The number of aromatic nitrogens is 2. The van der Waals surface area contributed by atoms with Gasteiger partial charge in [-0.25, -0.2) is 13.1 Å². The zero-order valence-electron chi connectivity index (χ0n) is 11.6. The van der Waals surface area contributed by atoms with Gasteiger partial charge in [-0.1, -0.05) is 18.9 Å². The number of hydrogen-bond acceptors (Lipinski definition) is 4. The number of sulfonamides is 1. The Bertz CT molecular complexity index is 574. The number of nitrogens with zero attached hydrogens (tertiary/aromatic N) is 2. The van der Waals surface area contributed by atoms with Gasteiger partial charge in [0.25, 0.3) is 0 Å². The molecule has 112 valence electrons. The molecule has 1 aromatic heterocycles. The Kier molecular flexibility index (Phi) is 4.62. The molecule has 0 aromatic carbocycles. The molecule has 0 amide bonds. The fraction of sp³-hybridized carbons (Fsp3) is 0.615. The Morgan fingerprint density at radius 2 is 2.25 bits per heavy atom. The van der Waals surface area contributed by atoms with Crippen LogP contribution in [0.25, 0.3) is 0 Å². The van der Waals surface area contributed by atoms with Crippen LogP contribution in [-0.2, 0) is 17.1 Å². The summed E-state index contributed by atoms with van der Waals surface area (Å²) in [6.45, 7) is 3.19. The maximum atomic E-state index is 12.4. The summed E-state index contributed by atoms with van der Waals surface area (Å²) in [6, 6.07) is -0.684. The summed E-state index contributed by atoms with van der Waals surface area (Å²) in [6.07, 6.45) is 7.08. The molecule has 7 heteroatoms. The number of nitrogens with one attached hydrogen (secondary N) is 1. The van der Waals surface area contributed by atoms with Crippen molar-refractivity contribution < 1.29 is 13.5 Å². The summed E-state index contributed by atoms with van der Waals surface area (Å²) in [5.41, 5.74) is 0.637. The van der Waals surface area contributed by atoms with Crippen molar-refractivity contribution in [3.8, 4) is 0 Å². The van der Waals surface area contributed by atoms with Crippen LogP contribution in [-0.4, -0.2) is 36.0 Å². The SMILES string of the molecule is C=C[C@H](CO)NS(=O)(=O)c1cn(C)nc1C1CCCC1. The minimum Gasteiger partial charge on any atom is -0.394 e. The van der Waals surface area contributed by atoms with E-state index in [9.17, 15) is 8.42 Å². The van der Waals surface area contributed by atoms with Crippen molar-refractivity contribution >= 4 is 10.0 Å². The van der Waals surface area contributed by atoms with Gasteiger partial charge in [0, 0.05) is 19.2 Å². The maximum Gasteiger partial charge on any atom is 0.244 e. The summed E-state index contributed by atoms with van der Waals surface area (Å²) in [7, 11) is -1.98. The molecule has 1 heterocycles. The molecule has 0 saturated heterocycles. The van der Waals surface area contributed by atoms with E-state index in [4.69, 9.17) is 5.11 Å². The van der Waals surface area contributed by atoms with Crippen molar-refractivity contribution in [1.29, 1.82) is 0 Å². The minimum absolute atomic E-state index is 0.207. The predicted molar refractivity (Wildman–Crippen MR) is 75.8 cm³/mol. The van der Waals surface area contributed by atoms with E-state index in [-0.39, 0.29) is 17.4 Å². The van der Waals surface area contributed by atoms with E-state index in [1.807, 2.05) is 0 Å². The first-order valence-corrected chi connectivity index (χ1v) is 8.25. The van der Waals surface area contributed by atoms with Crippen molar-refractivity contribution in [1.82, 2.24) is 14.5 Å². The molecule has 1 aliphatic rings. The van der Waals surface area contributed by atoms with Crippen LogP contribution in [0, 0.1) is 0 Å². The normalized spacial score (nSPS) is 18.3. The summed E-state index contributed by atoms with van der Waals surface area (Å²) in [5, 5.41) is 13.4. The lowest BCUT2D eigenvalue weighted by Gasteiger charge is -2.14. The molecular weight excluding hydrogens is 278 g/mol. The highest BCUT2D eigenvalue weighted by Crippen LogP contribution is 2.36. The number of aliphatic hydroxyl groups excluding tert-OH is 1. The lowest BCUT2D eigenvalue weighted by atomic mass is 10.1. The Morgan fingerprint density at radius 1 is 1.60 bits per heavy atom. The lowest BCUT2D eigenvalue weighted by Crippen LogP contribution is -2.36. The van der Waals surface area contributed by atoms with E-state index in [0.29, 0.717) is 5.69 Å². The molecule has 0 aliphatic heterocycles. The van der Waals surface area contributed by atoms with Crippen LogP contribution in [0.1, 0.15) is 37.3 Å². The zero-order chi connectivity index (χ0) is 14.8. The highest BCUT2D eigenvalue weighted by atomic mass is 32.2.